The fourth-order valence-corrected chi connectivity index (χ4v) is 1.82. The number of rotatable bonds is 2. The fraction of sp³-hybridized carbons (Fsp3) is 0.0667. The van der Waals surface area contributed by atoms with E-state index in [0.29, 0.717) is 21.8 Å². The molecule has 2 rings (SSSR count). The third-order valence-corrected chi connectivity index (χ3v) is 2.95. The summed E-state index contributed by atoms with van der Waals surface area (Å²) in [6.07, 6.45) is 0. The lowest BCUT2D eigenvalue weighted by Crippen LogP contribution is -2.12. The van der Waals surface area contributed by atoms with Crippen LogP contribution in [0.4, 0.5) is 5.69 Å². The molecule has 0 aliphatic rings. The first-order valence-corrected chi connectivity index (χ1v) is 6.05. The number of nitrogens with one attached hydrogen (secondary N) is 1. The predicted octanol–water partition coefficient (Wildman–Crippen LogP) is 3.77. The Morgan fingerprint density at radius 2 is 2.05 bits per heavy atom. The summed E-state index contributed by atoms with van der Waals surface area (Å²) in [7, 11) is 0. The number of carbonyl (C=O) groups excluding carboxylic acids is 1. The van der Waals surface area contributed by atoms with Gasteiger partial charge in [-0.1, -0.05) is 23.7 Å². The van der Waals surface area contributed by atoms with Gasteiger partial charge in [0.15, 0.2) is 0 Å². The Hall–Kier alpha value is -2.31. The van der Waals surface area contributed by atoms with Crippen LogP contribution in [0.25, 0.3) is 0 Å². The van der Waals surface area contributed by atoms with E-state index in [1.54, 1.807) is 36.4 Å². The lowest BCUT2D eigenvalue weighted by molar-refractivity contribution is 0.102. The van der Waals surface area contributed by atoms with Crippen molar-refractivity contribution in [1.29, 1.82) is 5.26 Å². The number of aryl methyl sites for hydroxylation is 1. The summed E-state index contributed by atoms with van der Waals surface area (Å²) < 4.78 is 0. The second-order valence-electron chi connectivity index (χ2n) is 4.13. The van der Waals surface area contributed by atoms with Gasteiger partial charge in [0.25, 0.3) is 5.91 Å². The smallest absolute Gasteiger partial charge is 0.255 e. The molecule has 4 heteroatoms. The van der Waals surface area contributed by atoms with Crippen LogP contribution in [-0.2, 0) is 0 Å². The average molecular weight is 271 g/mol. The zero-order chi connectivity index (χ0) is 13.8. The van der Waals surface area contributed by atoms with Crippen LogP contribution in [0.5, 0.6) is 0 Å². The van der Waals surface area contributed by atoms with Gasteiger partial charge >= 0.3 is 0 Å². The van der Waals surface area contributed by atoms with Gasteiger partial charge in [0.1, 0.15) is 0 Å². The number of hydrogen-bond donors (Lipinski definition) is 1. The van der Waals surface area contributed by atoms with E-state index in [0.717, 1.165) is 5.56 Å². The van der Waals surface area contributed by atoms with E-state index in [2.05, 4.69) is 5.32 Å². The van der Waals surface area contributed by atoms with Gasteiger partial charge in [0.2, 0.25) is 0 Å². The summed E-state index contributed by atoms with van der Waals surface area (Å²) in [5, 5.41) is 12.0. The van der Waals surface area contributed by atoms with E-state index >= 15 is 0 Å². The Morgan fingerprint density at radius 3 is 2.79 bits per heavy atom. The molecule has 0 atom stereocenters. The number of carbonyl (C=O) groups is 1. The molecule has 0 heterocycles. The molecule has 1 amide bonds. The van der Waals surface area contributed by atoms with Crippen molar-refractivity contribution in [2.24, 2.45) is 0 Å². The van der Waals surface area contributed by atoms with Crippen molar-refractivity contribution < 1.29 is 4.79 Å². The van der Waals surface area contributed by atoms with Gasteiger partial charge in [-0.2, -0.15) is 5.26 Å². The van der Waals surface area contributed by atoms with Crippen molar-refractivity contribution in [3.63, 3.8) is 0 Å². The van der Waals surface area contributed by atoms with Crippen molar-refractivity contribution >= 4 is 23.2 Å². The van der Waals surface area contributed by atoms with Gasteiger partial charge in [-0.25, -0.2) is 0 Å². The topological polar surface area (TPSA) is 52.9 Å². The van der Waals surface area contributed by atoms with E-state index in [-0.39, 0.29) is 5.91 Å². The van der Waals surface area contributed by atoms with Crippen LogP contribution in [0, 0.1) is 18.3 Å². The first-order valence-electron chi connectivity index (χ1n) is 5.68. The molecule has 0 aliphatic carbocycles. The summed E-state index contributed by atoms with van der Waals surface area (Å²) in [6.45, 7) is 1.92. The maximum absolute atomic E-state index is 12.1. The molecule has 0 unspecified atom stereocenters. The molecule has 0 saturated carbocycles. The molecule has 1 N–H and O–H groups in total. The number of benzene rings is 2. The standard InChI is InChI=1S/C15H11ClN2O/c1-10-5-6-13(16)14(7-10)18-15(19)12-4-2-3-11(8-12)9-17/h2-8H,1H3,(H,18,19). The van der Waals surface area contributed by atoms with E-state index in [4.69, 9.17) is 16.9 Å². The Bertz CT molecular complexity index is 674. The van der Waals surface area contributed by atoms with Crippen LogP contribution in [-0.4, -0.2) is 5.91 Å². The van der Waals surface area contributed by atoms with Gasteiger partial charge in [-0.05, 0) is 42.8 Å². The SMILES string of the molecule is Cc1ccc(Cl)c(NC(=O)c2cccc(C#N)c2)c1. The Kier molecular flexibility index (Phi) is 3.84. The number of hydrogen-bond acceptors (Lipinski definition) is 2. The maximum Gasteiger partial charge on any atom is 0.255 e. The van der Waals surface area contributed by atoms with Gasteiger partial charge in [-0.15, -0.1) is 0 Å². The van der Waals surface area contributed by atoms with Gasteiger partial charge in [0, 0.05) is 5.56 Å². The third kappa shape index (κ3) is 3.12. The van der Waals surface area contributed by atoms with E-state index in [9.17, 15) is 4.79 Å². The molecule has 2 aromatic rings. The Labute approximate surface area is 116 Å². The third-order valence-electron chi connectivity index (χ3n) is 2.62. The monoisotopic (exact) mass is 270 g/mol. The predicted molar refractivity (Wildman–Crippen MR) is 75.3 cm³/mol. The summed E-state index contributed by atoms with van der Waals surface area (Å²) in [4.78, 5) is 12.1. The summed E-state index contributed by atoms with van der Waals surface area (Å²) >= 11 is 6.02. The summed E-state index contributed by atoms with van der Waals surface area (Å²) in [5.74, 6) is -0.287. The molecule has 0 bridgehead atoms. The highest BCUT2D eigenvalue weighted by Crippen LogP contribution is 2.23. The lowest BCUT2D eigenvalue weighted by Gasteiger charge is -2.08. The molecule has 0 aliphatic heterocycles. The van der Waals surface area contributed by atoms with Crippen molar-refractivity contribution in [1.82, 2.24) is 0 Å². The number of nitrogens with zero attached hydrogens (tertiary/aromatic N) is 1. The first-order chi connectivity index (χ1) is 9.10. The minimum absolute atomic E-state index is 0.287. The number of anilines is 1. The molecular weight excluding hydrogens is 260 g/mol. The Balaban J connectivity index is 2.26. The van der Waals surface area contributed by atoms with E-state index in [1.807, 2.05) is 19.1 Å². The zero-order valence-electron chi connectivity index (χ0n) is 10.3. The highest BCUT2D eigenvalue weighted by atomic mass is 35.5. The van der Waals surface area contributed by atoms with Crippen LogP contribution < -0.4 is 5.32 Å². The molecule has 94 valence electrons. The van der Waals surface area contributed by atoms with Gasteiger partial charge < -0.3 is 5.32 Å². The zero-order valence-corrected chi connectivity index (χ0v) is 11.0. The molecule has 0 fully saturated rings. The highest BCUT2D eigenvalue weighted by molar-refractivity contribution is 6.34. The maximum atomic E-state index is 12.1. The molecule has 0 saturated heterocycles. The fourth-order valence-electron chi connectivity index (χ4n) is 1.66. The molecule has 3 nitrogen and oxygen atoms in total. The molecule has 0 radical (unpaired) electrons. The van der Waals surface area contributed by atoms with Crippen molar-refractivity contribution in [2.45, 2.75) is 6.92 Å². The van der Waals surface area contributed by atoms with Crippen molar-refractivity contribution in [3.8, 4) is 6.07 Å². The second-order valence-corrected chi connectivity index (χ2v) is 4.54. The van der Waals surface area contributed by atoms with Crippen molar-refractivity contribution in [2.75, 3.05) is 5.32 Å². The largest absolute Gasteiger partial charge is 0.321 e. The lowest BCUT2D eigenvalue weighted by atomic mass is 10.1. The van der Waals surface area contributed by atoms with E-state index in [1.165, 1.54) is 0 Å². The molecule has 19 heavy (non-hydrogen) atoms. The van der Waals surface area contributed by atoms with E-state index < -0.39 is 0 Å². The van der Waals surface area contributed by atoms with Gasteiger partial charge in [-0.3, -0.25) is 4.79 Å². The van der Waals surface area contributed by atoms with Crippen LogP contribution in [0.1, 0.15) is 21.5 Å². The molecular formula is C15H11ClN2O. The minimum Gasteiger partial charge on any atom is -0.321 e. The normalized spacial score (nSPS) is 9.74. The summed E-state index contributed by atoms with van der Waals surface area (Å²) in [5.41, 5.74) is 2.44. The van der Waals surface area contributed by atoms with Crippen LogP contribution in [0.15, 0.2) is 42.5 Å². The Morgan fingerprint density at radius 1 is 1.26 bits per heavy atom. The molecule has 0 aromatic heterocycles. The van der Waals surface area contributed by atoms with Gasteiger partial charge in [0.05, 0.1) is 22.3 Å². The molecule has 0 spiro atoms. The summed E-state index contributed by atoms with van der Waals surface area (Å²) in [6, 6.07) is 13.9. The average Bonchev–Trinajstić information content (AvgIpc) is 2.43. The van der Waals surface area contributed by atoms with Crippen molar-refractivity contribution in [3.05, 3.63) is 64.2 Å². The second kappa shape index (κ2) is 5.55. The van der Waals surface area contributed by atoms with Crippen LogP contribution in [0.3, 0.4) is 0 Å². The quantitative estimate of drug-likeness (QED) is 0.903. The highest BCUT2D eigenvalue weighted by Gasteiger charge is 2.09. The number of halogens is 1. The van der Waals surface area contributed by atoms with Crippen LogP contribution >= 0.6 is 11.6 Å². The molecule has 2 aromatic carbocycles. The minimum atomic E-state index is -0.287. The first kappa shape index (κ1) is 13.1. The number of nitriles is 1. The number of amides is 1. The van der Waals surface area contributed by atoms with Crippen LogP contribution in [0.2, 0.25) is 5.02 Å².